The zero-order valence-electron chi connectivity index (χ0n) is 24.9. The molecule has 0 atom stereocenters. The first-order valence-corrected chi connectivity index (χ1v) is 14.5. The average molecular weight is 585 g/mol. The van der Waals surface area contributed by atoms with Crippen molar-refractivity contribution >= 4 is 28.8 Å². The smallest absolute Gasteiger partial charge is 0.293 e. The number of carbonyl (C=O) groups is 1. The van der Waals surface area contributed by atoms with Gasteiger partial charge in [-0.1, -0.05) is 26.8 Å². The summed E-state index contributed by atoms with van der Waals surface area (Å²) in [6.45, 7) is 9.85. The van der Waals surface area contributed by atoms with E-state index in [1.54, 1.807) is 24.3 Å². The third-order valence-electron chi connectivity index (χ3n) is 7.59. The van der Waals surface area contributed by atoms with Crippen LogP contribution in [0.2, 0.25) is 0 Å². The number of hydrogen-bond donors (Lipinski definition) is 3. The Morgan fingerprint density at radius 1 is 1.07 bits per heavy atom. The topological polar surface area (TPSA) is 112 Å². The summed E-state index contributed by atoms with van der Waals surface area (Å²) in [7, 11) is 0. The predicted octanol–water partition coefficient (Wildman–Crippen LogP) is 5.72. The largest absolute Gasteiger partial charge is 0.393 e. The van der Waals surface area contributed by atoms with Crippen molar-refractivity contribution in [3.63, 3.8) is 0 Å². The number of amides is 1. The number of aryl methyl sites for hydroxylation is 1. The van der Waals surface area contributed by atoms with E-state index < -0.39 is 11.7 Å². The Morgan fingerprint density at radius 3 is 2.42 bits per heavy atom. The van der Waals surface area contributed by atoms with Crippen LogP contribution in [0.15, 0.2) is 71.8 Å². The molecule has 43 heavy (non-hydrogen) atoms. The van der Waals surface area contributed by atoms with E-state index in [9.17, 15) is 14.7 Å². The molecular formula is C33H37FN6O3. The molecule has 0 aliphatic carbocycles. The zero-order chi connectivity index (χ0) is 30.7. The van der Waals surface area contributed by atoms with Crippen molar-refractivity contribution in [3.05, 3.63) is 94.4 Å². The number of pyridine rings is 1. The van der Waals surface area contributed by atoms with E-state index in [1.165, 1.54) is 23.0 Å². The average Bonchev–Trinajstić information content (AvgIpc) is 3.00. The molecule has 0 radical (unpaired) electrons. The Bertz CT molecular complexity index is 1650. The first-order chi connectivity index (χ1) is 20.5. The fourth-order valence-corrected chi connectivity index (χ4v) is 4.99. The molecule has 3 N–H and O–H groups in total. The van der Waals surface area contributed by atoms with Gasteiger partial charge in [0.2, 0.25) is 0 Å². The van der Waals surface area contributed by atoms with E-state index in [2.05, 4.69) is 25.5 Å². The third-order valence-corrected chi connectivity index (χ3v) is 7.59. The van der Waals surface area contributed by atoms with Crippen LogP contribution >= 0.6 is 0 Å². The Hall–Kier alpha value is -4.57. The van der Waals surface area contributed by atoms with Gasteiger partial charge in [0, 0.05) is 60.1 Å². The molecule has 1 fully saturated rings. The van der Waals surface area contributed by atoms with Crippen molar-refractivity contribution in [1.82, 2.24) is 14.5 Å². The molecule has 5 rings (SSSR count). The number of benzene rings is 2. The number of rotatable bonds is 7. The summed E-state index contributed by atoms with van der Waals surface area (Å²) in [4.78, 5) is 37.1. The minimum absolute atomic E-state index is 0.00576. The van der Waals surface area contributed by atoms with Gasteiger partial charge in [-0.15, -0.1) is 0 Å². The molecule has 1 amide bonds. The van der Waals surface area contributed by atoms with Gasteiger partial charge in [-0.25, -0.2) is 9.37 Å². The first kappa shape index (κ1) is 29.9. The maximum absolute atomic E-state index is 15.8. The summed E-state index contributed by atoms with van der Waals surface area (Å²) >= 11 is 0. The van der Waals surface area contributed by atoms with Crippen LogP contribution in [-0.2, 0) is 12.0 Å². The van der Waals surface area contributed by atoms with Gasteiger partial charge in [0.1, 0.15) is 0 Å². The molecule has 9 nitrogen and oxygen atoms in total. The molecule has 0 unspecified atom stereocenters. The first-order valence-electron chi connectivity index (χ1n) is 14.5. The number of piperidine rings is 1. The SMILES string of the molecule is CCn1cc(-c2cccc(NC(=O)c3ccc(C(C)(C)C)nc3)c2F)nc(Nc2ccc(N3CCC(O)CC3)cc2)c1=O. The Morgan fingerprint density at radius 2 is 1.79 bits per heavy atom. The number of halogens is 1. The molecule has 0 bridgehead atoms. The van der Waals surface area contributed by atoms with Gasteiger partial charge in [0.25, 0.3) is 11.5 Å². The summed E-state index contributed by atoms with van der Waals surface area (Å²) in [5.41, 5.74) is 2.75. The van der Waals surface area contributed by atoms with Crippen LogP contribution < -0.4 is 21.1 Å². The lowest BCUT2D eigenvalue weighted by Gasteiger charge is -2.31. The highest BCUT2D eigenvalue weighted by molar-refractivity contribution is 6.04. The molecule has 1 aliphatic rings. The van der Waals surface area contributed by atoms with E-state index in [4.69, 9.17) is 0 Å². The number of aliphatic hydroxyl groups excluding tert-OH is 1. The number of nitrogens with zero attached hydrogens (tertiary/aromatic N) is 4. The van der Waals surface area contributed by atoms with Crippen molar-refractivity contribution in [1.29, 1.82) is 0 Å². The van der Waals surface area contributed by atoms with Crippen LogP contribution in [0.25, 0.3) is 11.3 Å². The van der Waals surface area contributed by atoms with Crippen LogP contribution in [0.5, 0.6) is 0 Å². The van der Waals surface area contributed by atoms with Crippen molar-refractivity contribution in [3.8, 4) is 11.3 Å². The molecule has 224 valence electrons. The lowest BCUT2D eigenvalue weighted by Crippen LogP contribution is -2.35. The Balaban J connectivity index is 1.38. The minimum Gasteiger partial charge on any atom is -0.393 e. The second-order valence-corrected chi connectivity index (χ2v) is 11.8. The van der Waals surface area contributed by atoms with E-state index in [0.29, 0.717) is 17.8 Å². The molecule has 4 aromatic rings. The van der Waals surface area contributed by atoms with Gasteiger partial charge in [0.05, 0.1) is 23.0 Å². The molecule has 0 spiro atoms. The van der Waals surface area contributed by atoms with Crippen molar-refractivity contribution < 1.29 is 14.3 Å². The zero-order valence-corrected chi connectivity index (χ0v) is 24.9. The van der Waals surface area contributed by atoms with E-state index in [1.807, 2.05) is 52.0 Å². The van der Waals surface area contributed by atoms with E-state index in [0.717, 1.165) is 37.3 Å². The second kappa shape index (κ2) is 12.3. The van der Waals surface area contributed by atoms with Gasteiger partial charge in [-0.2, -0.15) is 0 Å². The number of aromatic nitrogens is 3. The van der Waals surface area contributed by atoms with Crippen LogP contribution in [0.1, 0.15) is 56.6 Å². The van der Waals surface area contributed by atoms with Gasteiger partial charge in [-0.3, -0.25) is 14.6 Å². The lowest BCUT2D eigenvalue weighted by atomic mass is 9.91. The Labute approximate surface area is 250 Å². The van der Waals surface area contributed by atoms with Crippen LogP contribution in [0.4, 0.5) is 27.3 Å². The van der Waals surface area contributed by atoms with Gasteiger partial charge in [-0.05, 0) is 68.3 Å². The van der Waals surface area contributed by atoms with E-state index >= 15 is 4.39 Å². The quantitative estimate of drug-likeness (QED) is 0.255. The molecule has 1 aliphatic heterocycles. The van der Waals surface area contributed by atoms with Crippen molar-refractivity contribution in [2.24, 2.45) is 0 Å². The van der Waals surface area contributed by atoms with Crippen LogP contribution in [-0.4, -0.2) is 44.7 Å². The summed E-state index contributed by atoms with van der Waals surface area (Å²) in [5.74, 6) is -1.08. The van der Waals surface area contributed by atoms with Crippen molar-refractivity contribution in [2.75, 3.05) is 28.6 Å². The number of aliphatic hydroxyl groups is 1. The standard InChI is InChI=1S/C33H37FN6O3/c1-5-39-20-27(37-30(32(39)43)36-22-10-12-23(13-11-22)40-17-15-24(41)16-18-40)25-7-6-8-26(29(25)34)38-31(42)21-9-14-28(35-19-21)33(2,3)4/h6-14,19-20,24,41H,5,15-18H2,1-4H3,(H,36,37)(H,38,42). The number of anilines is 4. The fraction of sp³-hybridized carbons (Fsp3) is 0.333. The third kappa shape index (κ3) is 6.75. The van der Waals surface area contributed by atoms with Crippen molar-refractivity contribution in [2.45, 2.75) is 58.6 Å². The molecule has 2 aromatic heterocycles. The maximum atomic E-state index is 15.8. The normalized spacial score (nSPS) is 14.0. The predicted molar refractivity (Wildman–Crippen MR) is 168 cm³/mol. The molecule has 2 aromatic carbocycles. The highest BCUT2D eigenvalue weighted by Crippen LogP contribution is 2.28. The van der Waals surface area contributed by atoms with Crippen LogP contribution in [0, 0.1) is 5.82 Å². The highest BCUT2D eigenvalue weighted by Gasteiger charge is 2.20. The number of hydrogen-bond acceptors (Lipinski definition) is 7. The molecular weight excluding hydrogens is 547 g/mol. The minimum atomic E-state index is -0.661. The highest BCUT2D eigenvalue weighted by atomic mass is 19.1. The fourth-order valence-electron chi connectivity index (χ4n) is 4.99. The van der Waals surface area contributed by atoms with Crippen LogP contribution in [0.3, 0.4) is 0 Å². The van der Waals surface area contributed by atoms with Gasteiger partial charge in [0.15, 0.2) is 11.6 Å². The Kier molecular flexibility index (Phi) is 8.59. The molecule has 3 heterocycles. The molecule has 0 saturated carbocycles. The molecule has 10 heteroatoms. The lowest BCUT2D eigenvalue weighted by molar-refractivity contribution is 0.102. The number of carbonyl (C=O) groups excluding carboxylic acids is 1. The summed E-state index contributed by atoms with van der Waals surface area (Å²) in [6.07, 6.45) is 4.21. The second-order valence-electron chi connectivity index (χ2n) is 11.8. The number of nitrogens with one attached hydrogen (secondary N) is 2. The van der Waals surface area contributed by atoms with E-state index in [-0.39, 0.29) is 39.8 Å². The summed E-state index contributed by atoms with van der Waals surface area (Å²) in [6, 6.07) is 15.8. The van der Waals surface area contributed by atoms with Gasteiger partial charge < -0.3 is 25.2 Å². The summed E-state index contributed by atoms with van der Waals surface area (Å²) in [5, 5.41) is 15.5. The summed E-state index contributed by atoms with van der Waals surface area (Å²) < 4.78 is 17.3. The molecule has 1 saturated heterocycles. The maximum Gasteiger partial charge on any atom is 0.293 e. The monoisotopic (exact) mass is 584 g/mol. The van der Waals surface area contributed by atoms with Gasteiger partial charge >= 0.3 is 0 Å².